The lowest BCUT2D eigenvalue weighted by molar-refractivity contribution is -0.359. The zero-order valence-corrected chi connectivity index (χ0v) is 46.3. The van der Waals surface area contributed by atoms with Crippen LogP contribution in [0.3, 0.4) is 0 Å². The molecule has 2 aliphatic heterocycles. The number of aliphatic hydroxyl groups is 8. The van der Waals surface area contributed by atoms with Gasteiger partial charge in [-0.05, 0) is 57.8 Å². The van der Waals surface area contributed by atoms with Gasteiger partial charge in [0, 0.05) is 6.42 Å². The maximum absolute atomic E-state index is 13.2. The van der Waals surface area contributed by atoms with Crippen molar-refractivity contribution in [1.82, 2.24) is 5.32 Å². The Bertz CT molecular complexity index is 1430. The molecule has 1 amide bonds. The number of ether oxygens (including phenoxy) is 4. The minimum absolute atomic E-state index is 0.256. The highest BCUT2D eigenvalue weighted by molar-refractivity contribution is 5.76. The third kappa shape index (κ3) is 31.4. The van der Waals surface area contributed by atoms with E-state index < -0.39 is 86.8 Å². The quantitative estimate of drug-likeness (QED) is 0.0205. The molecule has 14 heteroatoms. The molecule has 2 rings (SSSR count). The highest BCUT2D eigenvalue weighted by atomic mass is 16.7. The third-order valence-corrected chi connectivity index (χ3v) is 14.5. The lowest BCUT2D eigenvalue weighted by Gasteiger charge is -2.46. The Labute approximate surface area is 448 Å². The van der Waals surface area contributed by atoms with Gasteiger partial charge in [0.25, 0.3) is 0 Å². The summed E-state index contributed by atoms with van der Waals surface area (Å²) < 4.78 is 22.7. The van der Waals surface area contributed by atoms with Gasteiger partial charge in [0.05, 0.1) is 32.0 Å². The molecule has 2 aliphatic rings. The molecule has 2 fully saturated rings. The molecule has 12 unspecified atom stereocenters. The number of nitrogens with one attached hydrogen (secondary N) is 1. The van der Waals surface area contributed by atoms with E-state index in [2.05, 4.69) is 55.6 Å². The first kappa shape index (κ1) is 68.1. The normalized spacial score (nSPS) is 25.5. The second-order valence-electron chi connectivity index (χ2n) is 21.1. The van der Waals surface area contributed by atoms with Crippen LogP contribution in [0.1, 0.15) is 232 Å². The fourth-order valence-electron chi connectivity index (χ4n) is 9.62. The van der Waals surface area contributed by atoms with E-state index in [-0.39, 0.29) is 18.9 Å². The summed E-state index contributed by atoms with van der Waals surface area (Å²) in [6.07, 6.45) is 40.2. The molecule has 0 saturated carbocycles. The van der Waals surface area contributed by atoms with Gasteiger partial charge < -0.3 is 65.1 Å². The predicted octanol–water partition coefficient (Wildman–Crippen LogP) is 10.0. The minimum atomic E-state index is -1.79. The Balaban J connectivity index is 1.76. The molecule has 0 spiro atoms. The van der Waals surface area contributed by atoms with Crippen molar-refractivity contribution in [1.29, 1.82) is 0 Å². The Morgan fingerprint density at radius 2 is 0.919 bits per heavy atom. The standard InChI is InChI=1S/C60H109NO13/c1-3-5-7-9-11-13-15-17-19-20-21-22-23-24-25-26-27-28-29-30-31-33-35-37-39-41-43-49(64)48(61-52(65)44-42-40-38-36-34-32-18-16-14-12-10-8-6-4-2)47-71-59-57(70)55(68)58(51(46-63)73-59)74-60-56(69)54(67)53(66)50(45-62)72-60/h10,12,16,18,33,35,41,43,48-51,53-60,62-64,66-70H,3-9,11,13-15,17,19-32,34,36-40,42,44-47H2,1-2H3,(H,61,65)/b12-10-,18-16-,35-33+,43-41+. The van der Waals surface area contributed by atoms with Crippen LogP contribution in [0.15, 0.2) is 48.6 Å². The summed E-state index contributed by atoms with van der Waals surface area (Å²) in [7, 11) is 0. The average Bonchev–Trinajstić information content (AvgIpc) is 3.40. The first-order chi connectivity index (χ1) is 36.1. The van der Waals surface area contributed by atoms with E-state index in [9.17, 15) is 45.6 Å². The molecule has 2 heterocycles. The van der Waals surface area contributed by atoms with Crippen molar-refractivity contribution in [3.05, 3.63) is 48.6 Å². The molecule has 0 aliphatic carbocycles. The second kappa shape index (κ2) is 45.9. The van der Waals surface area contributed by atoms with E-state index in [1.54, 1.807) is 6.08 Å². The zero-order chi connectivity index (χ0) is 53.9. The number of hydrogen-bond donors (Lipinski definition) is 9. The number of amides is 1. The van der Waals surface area contributed by atoms with Gasteiger partial charge in [-0.25, -0.2) is 0 Å². The summed E-state index contributed by atoms with van der Waals surface area (Å²) in [5, 5.41) is 87.0. The maximum Gasteiger partial charge on any atom is 0.220 e. The average molecular weight is 1050 g/mol. The van der Waals surface area contributed by atoms with Gasteiger partial charge in [-0.15, -0.1) is 0 Å². The lowest BCUT2D eigenvalue weighted by Crippen LogP contribution is -2.65. The molecule has 9 N–H and O–H groups in total. The summed E-state index contributed by atoms with van der Waals surface area (Å²) in [5.41, 5.74) is 0. The van der Waals surface area contributed by atoms with Crippen LogP contribution < -0.4 is 5.32 Å². The van der Waals surface area contributed by atoms with Gasteiger partial charge >= 0.3 is 0 Å². The van der Waals surface area contributed by atoms with Crippen molar-refractivity contribution in [3.8, 4) is 0 Å². The van der Waals surface area contributed by atoms with Crippen LogP contribution in [0.25, 0.3) is 0 Å². The summed E-state index contributed by atoms with van der Waals surface area (Å²) in [6, 6.07) is -0.939. The fraction of sp³-hybridized carbons (Fsp3) is 0.850. The molecule has 0 radical (unpaired) electrons. The largest absolute Gasteiger partial charge is 0.394 e. The van der Waals surface area contributed by atoms with Gasteiger partial charge in [-0.3, -0.25) is 4.79 Å². The van der Waals surface area contributed by atoms with Crippen molar-refractivity contribution < 1.29 is 64.6 Å². The SMILES string of the molecule is CCCC/C=C\C/C=C\CCCCCCCC(=O)NC(COC1OC(CO)C(OC2OC(CO)C(O)C(O)C2O)C(O)C1O)C(O)/C=C/CC/C=C/CCCCCCCCCCCCCCCCCCCCCC. The van der Waals surface area contributed by atoms with E-state index in [0.29, 0.717) is 12.8 Å². The molecule has 0 aromatic heterocycles. The zero-order valence-electron chi connectivity index (χ0n) is 46.3. The first-order valence-corrected chi connectivity index (χ1v) is 29.9. The Morgan fingerprint density at radius 3 is 1.45 bits per heavy atom. The maximum atomic E-state index is 13.2. The van der Waals surface area contributed by atoms with Crippen molar-refractivity contribution in [2.45, 2.75) is 306 Å². The van der Waals surface area contributed by atoms with Crippen LogP contribution in [-0.4, -0.2) is 140 Å². The van der Waals surface area contributed by atoms with Crippen LogP contribution >= 0.6 is 0 Å². The highest BCUT2D eigenvalue weighted by Crippen LogP contribution is 2.30. The smallest absolute Gasteiger partial charge is 0.220 e. The second-order valence-corrected chi connectivity index (χ2v) is 21.1. The van der Waals surface area contributed by atoms with Crippen LogP contribution in [0.5, 0.6) is 0 Å². The highest BCUT2D eigenvalue weighted by Gasteiger charge is 2.51. The molecule has 14 nitrogen and oxygen atoms in total. The number of carbonyl (C=O) groups is 1. The summed E-state index contributed by atoms with van der Waals surface area (Å²) >= 11 is 0. The van der Waals surface area contributed by atoms with Crippen LogP contribution in [0, 0.1) is 0 Å². The van der Waals surface area contributed by atoms with E-state index in [1.165, 1.54) is 141 Å². The molecule has 0 aromatic carbocycles. The van der Waals surface area contributed by atoms with Gasteiger partial charge in [0.15, 0.2) is 12.6 Å². The molecule has 0 aromatic rings. The molecular weight excluding hydrogens is 943 g/mol. The first-order valence-electron chi connectivity index (χ1n) is 29.9. The molecule has 2 saturated heterocycles. The molecule has 0 bridgehead atoms. The summed E-state index contributed by atoms with van der Waals surface area (Å²) in [6.45, 7) is 2.73. The molecule has 432 valence electrons. The van der Waals surface area contributed by atoms with Gasteiger partial charge in [-0.2, -0.15) is 0 Å². The minimum Gasteiger partial charge on any atom is -0.394 e. The number of allylic oxidation sites excluding steroid dienone is 7. The molecule has 12 atom stereocenters. The van der Waals surface area contributed by atoms with E-state index in [1.807, 2.05) is 6.08 Å². The topological polar surface area (TPSA) is 228 Å². The molecule has 74 heavy (non-hydrogen) atoms. The van der Waals surface area contributed by atoms with Crippen LogP contribution in [-0.2, 0) is 23.7 Å². The van der Waals surface area contributed by atoms with Gasteiger partial charge in [0.1, 0.15) is 48.8 Å². The summed E-state index contributed by atoms with van der Waals surface area (Å²) in [4.78, 5) is 13.2. The van der Waals surface area contributed by atoms with Crippen molar-refractivity contribution in [2.75, 3.05) is 19.8 Å². The number of carbonyl (C=O) groups excluding carboxylic acids is 1. The predicted molar refractivity (Wildman–Crippen MR) is 295 cm³/mol. The lowest BCUT2D eigenvalue weighted by atomic mass is 9.97. The molecular formula is C60H109NO13. The Morgan fingerprint density at radius 1 is 0.486 bits per heavy atom. The number of rotatable bonds is 47. The number of hydrogen-bond acceptors (Lipinski definition) is 13. The van der Waals surface area contributed by atoms with E-state index in [4.69, 9.17) is 18.9 Å². The van der Waals surface area contributed by atoms with E-state index >= 15 is 0 Å². The van der Waals surface area contributed by atoms with E-state index in [0.717, 1.165) is 57.8 Å². The number of unbranched alkanes of at least 4 members (excludes halogenated alkanes) is 28. The number of aliphatic hydroxyl groups excluding tert-OH is 8. The van der Waals surface area contributed by atoms with Crippen molar-refractivity contribution >= 4 is 5.91 Å². The Hall–Kier alpha value is -2.05. The Kier molecular flexibility index (Phi) is 42.2. The third-order valence-electron chi connectivity index (χ3n) is 14.5. The summed E-state index contributed by atoms with van der Waals surface area (Å²) in [5.74, 6) is -0.264. The van der Waals surface area contributed by atoms with Gasteiger partial charge in [-0.1, -0.05) is 217 Å². The van der Waals surface area contributed by atoms with Crippen LogP contribution in [0.2, 0.25) is 0 Å². The fourth-order valence-corrected chi connectivity index (χ4v) is 9.62. The van der Waals surface area contributed by atoms with Crippen molar-refractivity contribution in [2.24, 2.45) is 0 Å². The monoisotopic (exact) mass is 1050 g/mol. The van der Waals surface area contributed by atoms with Gasteiger partial charge in [0.2, 0.25) is 5.91 Å². The van der Waals surface area contributed by atoms with Crippen LogP contribution in [0.4, 0.5) is 0 Å². The van der Waals surface area contributed by atoms with Crippen molar-refractivity contribution in [3.63, 3.8) is 0 Å².